The van der Waals surface area contributed by atoms with Crippen LogP contribution in [0, 0.1) is 0 Å². The summed E-state index contributed by atoms with van der Waals surface area (Å²) in [5.41, 5.74) is 3.60. The Morgan fingerprint density at radius 2 is 1.00 bits per heavy atom. The van der Waals surface area contributed by atoms with Gasteiger partial charge < -0.3 is 34.5 Å². The molecule has 0 aliphatic heterocycles. The summed E-state index contributed by atoms with van der Waals surface area (Å²) >= 11 is 0. The average Bonchev–Trinajstić information content (AvgIpc) is 3.07. The van der Waals surface area contributed by atoms with Crippen LogP contribution in [0.3, 0.4) is 0 Å². The van der Waals surface area contributed by atoms with Crippen molar-refractivity contribution in [2.75, 3.05) is 13.2 Å². The number of hydrogen-bond donors (Lipinski definition) is 3. The van der Waals surface area contributed by atoms with Gasteiger partial charge in [0.05, 0.1) is 39.1 Å². The number of aliphatic hydroxyl groups excluding tert-OH is 2. The summed E-state index contributed by atoms with van der Waals surface area (Å²) in [5.74, 6) is -0.490. The molecule has 0 unspecified atom stereocenters. The zero-order valence-corrected chi connectivity index (χ0v) is 25.6. The summed E-state index contributed by atoms with van der Waals surface area (Å²) < 4.78 is 25.0. The van der Waals surface area contributed by atoms with Crippen molar-refractivity contribution in [1.29, 1.82) is 0 Å². The molecule has 0 fully saturated rings. The fourth-order valence-electron chi connectivity index (χ4n) is 4.71. The highest BCUT2D eigenvalue weighted by atomic mass is 16.6. The van der Waals surface area contributed by atoms with Gasteiger partial charge in [0.1, 0.15) is 18.3 Å². The molecule has 0 saturated heterocycles. The standard InChI is InChI=1S/C37H43NO7/c1-28(39)22-38-37(41)36(45-26-32-20-12-5-13-21-32)35(44-25-31-18-10-4-11-19-31)34(43-24-30-16-8-3-9-17-30)33(40)27-42-23-29-14-6-2-7-15-29/h2-21,28,33-36,39-40H,22-27H2,1H3,(H,38,41)/t28-,33-,34-,35+,36-/m1/s1. The molecule has 1 amide bonds. The van der Waals surface area contributed by atoms with Crippen LogP contribution in [-0.4, -0.2) is 59.8 Å². The summed E-state index contributed by atoms with van der Waals surface area (Å²) in [6, 6.07) is 38.3. The number of benzene rings is 4. The third-order valence-corrected chi connectivity index (χ3v) is 7.07. The molecule has 45 heavy (non-hydrogen) atoms. The van der Waals surface area contributed by atoms with Crippen LogP contribution < -0.4 is 5.32 Å². The van der Waals surface area contributed by atoms with Gasteiger partial charge in [-0.3, -0.25) is 4.79 Å². The normalized spacial score (nSPS) is 14.6. The van der Waals surface area contributed by atoms with E-state index in [-0.39, 0.29) is 33.0 Å². The first kappa shape index (κ1) is 34.0. The lowest BCUT2D eigenvalue weighted by molar-refractivity contribution is -0.191. The predicted molar refractivity (Wildman–Crippen MR) is 172 cm³/mol. The summed E-state index contributed by atoms with van der Waals surface area (Å²) in [7, 11) is 0. The first-order chi connectivity index (χ1) is 22.0. The molecule has 0 bridgehead atoms. The molecule has 5 atom stereocenters. The van der Waals surface area contributed by atoms with Crippen LogP contribution in [0.1, 0.15) is 29.2 Å². The number of amides is 1. The van der Waals surface area contributed by atoms with Crippen LogP contribution in [0.5, 0.6) is 0 Å². The SMILES string of the molecule is C[C@@H](O)CNC(=O)[C@H](OCc1ccccc1)[C@@H](OCc1ccccc1)[C@H](OCc1ccccc1)[C@H](O)COCc1ccccc1. The first-order valence-electron chi connectivity index (χ1n) is 15.2. The van der Waals surface area contributed by atoms with E-state index >= 15 is 0 Å². The van der Waals surface area contributed by atoms with E-state index in [9.17, 15) is 15.0 Å². The topological polar surface area (TPSA) is 106 Å². The van der Waals surface area contributed by atoms with Crippen molar-refractivity contribution in [1.82, 2.24) is 5.32 Å². The molecule has 0 spiro atoms. The fraction of sp³-hybridized carbons (Fsp3) is 0.324. The van der Waals surface area contributed by atoms with Crippen molar-refractivity contribution in [2.24, 2.45) is 0 Å². The Morgan fingerprint density at radius 3 is 1.44 bits per heavy atom. The molecule has 8 nitrogen and oxygen atoms in total. The van der Waals surface area contributed by atoms with Crippen LogP contribution in [0.2, 0.25) is 0 Å². The van der Waals surface area contributed by atoms with Crippen LogP contribution >= 0.6 is 0 Å². The third kappa shape index (κ3) is 11.9. The zero-order valence-electron chi connectivity index (χ0n) is 25.6. The van der Waals surface area contributed by atoms with E-state index < -0.39 is 36.4 Å². The highest BCUT2D eigenvalue weighted by molar-refractivity contribution is 5.81. The molecule has 0 aliphatic rings. The van der Waals surface area contributed by atoms with E-state index in [1.807, 2.05) is 121 Å². The van der Waals surface area contributed by atoms with Gasteiger partial charge in [0, 0.05) is 6.54 Å². The maximum atomic E-state index is 13.7. The maximum absolute atomic E-state index is 13.7. The molecule has 4 rings (SSSR count). The highest BCUT2D eigenvalue weighted by Crippen LogP contribution is 2.22. The van der Waals surface area contributed by atoms with E-state index in [1.165, 1.54) is 0 Å². The Morgan fingerprint density at radius 1 is 0.600 bits per heavy atom. The summed E-state index contributed by atoms with van der Waals surface area (Å²) in [6.45, 7) is 2.25. The van der Waals surface area contributed by atoms with Crippen molar-refractivity contribution in [3.8, 4) is 0 Å². The van der Waals surface area contributed by atoms with Gasteiger partial charge in [-0.05, 0) is 29.2 Å². The van der Waals surface area contributed by atoms with Crippen molar-refractivity contribution >= 4 is 5.91 Å². The molecule has 3 N–H and O–H groups in total. The van der Waals surface area contributed by atoms with Gasteiger partial charge in [0.15, 0.2) is 6.10 Å². The van der Waals surface area contributed by atoms with Crippen LogP contribution in [0.25, 0.3) is 0 Å². The number of carbonyl (C=O) groups excluding carboxylic acids is 1. The molecule has 238 valence electrons. The van der Waals surface area contributed by atoms with Gasteiger partial charge in [-0.25, -0.2) is 0 Å². The van der Waals surface area contributed by atoms with E-state index in [1.54, 1.807) is 6.92 Å². The molecule has 0 aromatic heterocycles. The van der Waals surface area contributed by atoms with Gasteiger partial charge in [-0.15, -0.1) is 0 Å². The summed E-state index contributed by atoms with van der Waals surface area (Å²) in [6.07, 6.45) is -5.22. The molecule has 0 radical (unpaired) electrons. The molecule has 0 heterocycles. The predicted octanol–water partition coefficient (Wildman–Crippen LogP) is 4.82. The molecular formula is C37H43NO7. The fourth-order valence-corrected chi connectivity index (χ4v) is 4.71. The van der Waals surface area contributed by atoms with E-state index in [0.717, 1.165) is 22.3 Å². The molecule has 4 aromatic carbocycles. The minimum atomic E-state index is -1.20. The van der Waals surface area contributed by atoms with Gasteiger partial charge >= 0.3 is 0 Å². The lowest BCUT2D eigenvalue weighted by atomic mass is 10.0. The maximum Gasteiger partial charge on any atom is 0.252 e. The smallest absolute Gasteiger partial charge is 0.252 e. The van der Waals surface area contributed by atoms with Crippen LogP contribution in [-0.2, 0) is 50.2 Å². The molecule has 0 saturated carbocycles. The van der Waals surface area contributed by atoms with Crippen LogP contribution in [0.4, 0.5) is 0 Å². The molecular weight excluding hydrogens is 570 g/mol. The lowest BCUT2D eigenvalue weighted by Gasteiger charge is -2.35. The van der Waals surface area contributed by atoms with Gasteiger partial charge in [-0.1, -0.05) is 121 Å². The van der Waals surface area contributed by atoms with Crippen LogP contribution in [0.15, 0.2) is 121 Å². The zero-order chi connectivity index (χ0) is 31.7. The van der Waals surface area contributed by atoms with E-state index in [4.69, 9.17) is 18.9 Å². The number of ether oxygens (including phenoxy) is 4. The van der Waals surface area contributed by atoms with Gasteiger partial charge in [0.2, 0.25) is 0 Å². The van der Waals surface area contributed by atoms with Crippen molar-refractivity contribution in [3.63, 3.8) is 0 Å². The number of carbonyl (C=O) groups is 1. The Bertz CT molecular complexity index is 1360. The van der Waals surface area contributed by atoms with Gasteiger partial charge in [-0.2, -0.15) is 0 Å². The molecule has 8 heteroatoms. The minimum absolute atomic E-state index is 0.0215. The Hall–Kier alpha value is -3.89. The van der Waals surface area contributed by atoms with E-state index in [0.29, 0.717) is 6.61 Å². The van der Waals surface area contributed by atoms with E-state index in [2.05, 4.69) is 5.32 Å². The summed E-state index contributed by atoms with van der Waals surface area (Å²) in [5, 5.41) is 24.3. The molecule has 0 aliphatic carbocycles. The number of aliphatic hydroxyl groups is 2. The van der Waals surface area contributed by atoms with Gasteiger partial charge in [0.25, 0.3) is 5.91 Å². The quantitative estimate of drug-likeness (QED) is 0.139. The number of rotatable bonds is 19. The summed E-state index contributed by atoms with van der Waals surface area (Å²) in [4.78, 5) is 13.7. The Kier molecular flexibility index (Phi) is 14.2. The largest absolute Gasteiger partial charge is 0.392 e. The number of hydrogen-bond acceptors (Lipinski definition) is 7. The minimum Gasteiger partial charge on any atom is -0.392 e. The second-order valence-electron chi connectivity index (χ2n) is 10.9. The second kappa shape index (κ2) is 18.8. The first-order valence-corrected chi connectivity index (χ1v) is 15.2. The Labute approximate surface area is 265 Å². The lowest BCUT2D eigenvalue weighted by Crippen LogP contribution is -2.55. The average molecular weight is 614 g/mol. The van der Waals surface area contributed by atoms with Crippen molar-refractivity contribution < 1.29 is 34.0 Å². The monoisotopic (exact) mass is 613 g/mol. The molecule has 4 aromatic rings. The second-order valence-corrected chi connectivity index (χ2v) is 10.9. The van der Waals surface area contributed by atoms with Crippen molar-refractivity contribution in [3.05, 3.63) is 144 Å². The Balaban J connectivity index is 1.63. The number of nitrogens with one attached hydrogen (secondary N) is 1. The van der Waals surface area contributed by atoms with Crippen molar-refractivity contribution in [2.45, 2.75) is 63.9 Å². The highest BCUT2D eigenvalue weighted by Gasteiger charge is 2.41. The third-order valence-electron chi connectivity index (χ3n) is 7.07.